The monoisotopic (exact) mass is 205 g/mol. The van der Waals surface area contributed by atoms with Crippen LogP contribution in [0.2, 0.25) is 0 Å². The summed E-state index contributed by atoms with van der Waals surface area (Å²) >= 11 is 1.78. The van der Waals surface area contributed by atoms with Crippen molar-refractivity contribution in [2.75, 3.05) is 0 Å². The lowest BCUT2D eigenvalue weighted by Gasteiger charge is -2.15. The molecule has 1 atom stereocenters. The second kappa shape index (κ2) is 3.71. The molecule has 14 heavy (non-hydrogen) atoms. The maximum Gasteiger partial charge on any atom is 0.0342 e. The topological polar surface area (TPSA) is 26.0 Å². The van der Waals surface area contributed by atoms with Crippen LogP contribution in [0.3, 0.4) is 0 Å². The Labute approximate surface area is 88.6 Å². The standard InChI is InChI=1S/C12H15NS/c1-8(2)12(13)10-3-4-11-9(7-10)5-6-14-11/h3-8,12H,13H2,1-2H3/t12-/m1/s1. The van der Waals surface area contributed by atoms with E-state index in [1.807, 2.05) is 0 Å². The summed E-state index contributed by atoms with van der Waals surface area (Å²) in [6.45, 7) is 4.31. The molecular weight excluding hydrogens is 190 g/mol. The first-order valence-electron chi connectivity index (χ1n) is 4.91. The van der Waals surface area contributed by atoms with Gasteiger partial charge in [-0.25, -0.2) is 0 Å². The third-order valence-corrected chi connectivity index (χ3v) is 3.48. The molecule has 1 aromatic carbocycles. The molecule has 0 aliphatic carbocycles. The smallest absolute Gasteiger partial charge is 0.0342 e. The van der Waals surface area contributed by atoms with E-state index in [1.165, 1.54) is 15.6 Å². The van der Waals surface area contributed by atoms with Crippen LogP contribution in [0.25, 0.3) is 10.1 Å². The largest absolute Gasteiger partial charge is 0.324 e. The molecule has 2 aromatic rings. The van der Waals surface area contributed by atoms with Crippen LogP contribution in [0.5, 0.6) is 0 Å². The van der Waals surface area contributed by atoms with Gasteiger partial charge in [-0.1, -0.05) is 19.9 Å². The van der Waals surface area contributed by atoms with Gasteiger partial charge in [-0.15, -0.1) is 11.3 Å². The van der Waals surface area contributed by atoms with E-state index in [0.29, 0.717) is 5.92 Å². The highest BCUT2D eigenvalue weighted by molar-refractivity contribution is 7.17. The van der Waals surface area contributed by atoms with Crippen LogP contribution in [0.4, 0.5) is 0 Å². The number of fused-ring (bicyclic) bond motifs is 1. The zero-order valence-corrected chi connectivity index (χ0v) is 9.34. The highest BCUT2D eigenvalue weighted by Crippen LogP contribution is 2.26. The summed E-state index contributed by atoms with van der Waals surface area (Å²) in [5, 5.41) is 3.43. The Morgan fingerprint density at radius 1 is 1.21 bits per heavy atom. The Bertz CT molecular complexity index is 431. The molecule has 0 saturated heterocycles. The zero-order valence-electron chi connectivity index (χ0n) is 8.53. The van der Waals surface area contributed by atoms with Gasteiger partial charge in [0.05, 0.1) is 0 Å². The van der Waals surface area contributed by atoms with Gasteiger partial charge in [0.1, 0.15) is 0 Å². The summed E-state index contributed by atoms with van der Waals surface area (Å²) in [5.74, 6) is 0.492. The Balaban J connectivity index is 2.43. The van der Waals surface area contributed by atoms with Gasteiger partial charge in [-0.2, -0.15) is 0 Å². The van der Waals surface area contributed by atoms with Gasteiger partial charge in [0.15, 0.2) is 0 Å². The van der Waals surface area contributed by atoms with Crippen molar-refractivity contribution in [3.8, 4) is 0 Å². The fraction of sp³-hybridized carbons (Fsp3) is 0.333. The van der Waals surface area contributed by atoms with Gasteiger partial charge >= 0.3 is 0 Å². The van der Waals surface area contributed by atoms with Crippen molar-refractivity contribution in [1.29, 1.82) is 0 Å². The zero-order chi connectivity index (χ0) is 10.1. The molecular formula is C12H15NS. The van der Waals surface area contributed by atoms with Crippen LogP contribution < -0.4 is 5.73 Å². The van der Waals surface area contributed by atoms with Crippen molar-refractivity contribution in [2.45, 2.75) is 19.9 Å². The third-order valence-electron chi connectivity index (χ3n) is 2.58. The summed E-state index contributed by atoms with van der Waals surface area (Å²) in [6, 6.07) is 8.81. The Morgan fingerprint density at radius 2 is 2.00 bits per heavy atom. The van der Waals surface area contributed by atoms with Crippen LogP contribution in [-0.4, -0.2) is 0 Å². The van der Waals surface area contributed by atoms with Crippen molar-refractivity contribution in [3.05, 3.63) is 35.2 Å². The van der Waals surface area contributed by atoms with Gasteiger partial charge < -0.3 is 5.73 Å². The van der Waals surface area contributed by atoms with E-state index in [9.17, 15) is 0 Å². The molecule has 1 heterocycles. The van der Waals surface area contributed by atoms with Gasteiger partial charge in [0.2, 0.25) is 0 Å². The van der Waals surface area contributed by atoms with Crippen molar-refractivity contribution in [3.63, 3.8) is 0 Å². The number of hydrogen-bond acceptors (Lipinski definition) is 2. The van der Waals surface area contributed by atoms with Crippen molar-refractivity contribution < 1.29 is 0 Å². The number of thiophene rings is 1. The summed E-state index contributed by atoms with van der Waals surface area (Å²) in [6.07, 6.45) is 0. The average Bonchev–Trinajstić information content (AvgIpc) is 2.62. The second-order valence-electron chi connectivity index (χ2n) is 3.99. The molecule has 2 N–H and O–H groups in total. The molecule has 0 aliphatic heterocycles. The fourth-order valence-electron chi connectivity index (χ4n) is 1.58. The molecule has 0 saturated carbocycles. The normalized spacial score (nSPS) is 13.7. The maximum absolute atomic E-state index is 6.10. The first kappa shape index (κ1) is 9.69. The molecule has 1 aromatic heterocycles. The Kier molecular flexibility index (Phi) is 2.57. The summed E-state index contributed by atoms with van der Waals surface area (Å²) in [4.78, 5) is 0. The van der Waals surface area contributed by atoms with Crippen molar-refractivity contribution in [1.82, 2.24) is 0 Å². The molecule has 0 radical (unpaired) electrons. The second-order valence-corrected chi connectivity index (χ2v) is 4.94. The molecule has 2 rings (SSSR count). The number of nitrogens with two attached hydrogens (primary N) is 1. The summed E-state index contributed by atoms with van der Waals surface area (Å²) in [7, 11) is 0. The molecule has 0 fully saturated rings. The first-order chi connectivity index (χ1) is 6.68. The Morgan fingerprint density at radius 3 is 2.71 bits per heavy atom. The lowest BCUT2D eigenvalue weighted by molar-refractivity contribution is 0.515. The third kappa shape index (κ3) is 1.68. The number of rotatable bonds is 2. The highest BCUT2D eigenvalue weighted by Gasteiger charge is 2.10. The van der Waals surface area contributed by atoms with E-state index in [1.54, 1.807) is 11.3 Å². The van der Waals surface area contributed by atoms with Crippen LogP contribution in [0, 0.1) is 5.92 Å². The van der Waals surface area contributed by atoms with Gasteiger partial charge in [0, 0.05) is 10.7 Å². The van der Waals surface area contributed by atoms with Crippen molar-refractivity contribution >= 4 is 21.4 Å². The van der Waals surface area contributed by atoms with E-state index in [-0.39, 0.29) is 6.04 Å². The fourth-order valence-corrected chi connectivity index (χ4v) is 2.35. The van der Waals surface area contributed by atoms with E-state index in [4.69, 9.17) is 5.73 Å². The quantitative estimate of drug-likeness (QED) is 0.797. The minimum absolute atomic E-state index is 0.152. The minimum Gasteiger partial charge on any atom is -0.324 e. The molecule has 0 unspecified atom stereocenters. The molecule has 1 nitrogen and oxygen atoms in total. The predicted octanol–water partition coefficient (Wildman–Crippen LogP) is 3.56. The van der Waals surface area contributed by atoms with E-state index in [0.717, 1.165) is 0 Å². The van der Waals surface area contributed by atoms with E-state index < -0.39 is 0 Å². The molecule has 2 heteroatoms. The SMILES string of the molecule is CC(C)[C@@H](N)c1ccc2sccc2c1. The van der Waals surface area contributed by atoms with Crippen LogP contribution >= 0.6 is 11.3 Å². The van der Waals surface area contributed by atoms with Crippen LogP contribution in [0.1, 0.15) is 25.5 Å². The van der Waals surface area contributed by atoms with E-state index >= 15 is 0 Å². The predicted molar refractivity (Wildman–Crippen MR) is 63.6 cm³/mol. The lowest BCUT2D eigenvalue weighted by Crippen LogP contribution is -2.16. The summed E-state index contributed by atoms with van der Waals surface area (Å²) < 4.78 is 1.34. The molecule has 0 spiro atoms. The van der Waals surface area contributed by atoms with Gasteiger partial charge in [0.25, 0.3) is 0 Å². The number of benzene rings is 1. The van der Waals surface area contributed by atoms with Gasteiger partial charge in [-0.05, 0) is 40.4 Å². The molecule has 0 bridgehead atoms. The van der Waals surface area contributed by atoms with Crippen LogP contribution in [-0.2, 0) is 0 Å². The molecule has 0 amide bonds. The first-order valence-corrected chi connectivity index (χ1v) is 5.79. The number of hydrogen-bond donors (Lipinski definition) is 1. The maximum atomic E-state index is 6.10. The average molecular weight is 205 g/mol. The highest BCUT2D eigenvalue weighted by atomic mass is 32.1. The summed E-state index contributed by atoms with van der Waals surface area (Å²) in [5.41, 5.74) is 7.34. The lowest BCUT2D eigenvalue weighted by atomic mass is 9.96. The van der Waals surface area contributed by atoms with E-state index in [2.05, 4.69) is 43.5 Å². The minimum atomic E-state index is 0.152. The van der Waals surface area contributed by atoms with Crippen molar-refractivity contribution in [2.24, 2.45) is 11.7 Å². The Hall–Kier alpha value is -0.860. The van der Waals surface area contributed by atoms with Crippen LogP contribution in [0.15, 0.2) is 29.6 Å². The molecule has 74 valence electrons. The molecule has 0 aliphatic rings. The van der Waals surface area contributed by atoms with Gasteiger partial charge in [-0.3, -0.25) is 0 Å².